The fourth-order valence-corrected chi connectivity index (χ4v) is 11.9. The van der Waals surface area contributed by atoms with Crippen LogP contribution in [0, 0.1) is 11.8 Å². The number of halogens is 3. The predicted octanol–water partition coefficient (Wildman–Crippen LogP) is 6.91. The lowest BCUT2D eigenvalue weighted by atomic mass is 9.87. The molecule has 2 aliphatic heterocycles. The minimum absolute atomic E-state index is 0.118. The number of benzene rings is 1. The Bertz CT molecular complexity index is 1730. The molecular formula is C30H35Br2ClN4O6S3. The summed E-state index contributed by atoms with van der Waals surface area (Å²) in [6.45, 7) is 2.66. The van der Waals surface area contributed by atoms with E-state index in [-0.39, 0.29) is 9.10 Å². The number of piperidine rings is 2. The smallest absolute Gasteiger partial charge is 0.326 e. The van der Waals surface area contributed by atoms with Crippen molar-refractivity contribution >= 4 is 86.6 Å². The maximum atomic E-state index is 13.1. The van der Waals surface area contributed by atoms with E-state index >= 15 is 0 Å². The first-order valence-corrected chi connectivity index (χ1v) is 20.7. The van der Waals surface area contributed by atoms with Gasteiger partial charge in [-0.25, -0.2) is 21.8 Å². The summed E-state index contributed by atoms with van der Waals surface area (Å²) in [4.78, 5) is 18.3. The fraction of sp³-hybridized carbons (Fsp3) is 0.467. The SMILES string of the molecule is O=C(O)C(NS(=O)(=O)c1cnc(N2CCC(CCCC3CCN(S(=O)(=O)c4cc(Br)c(Cl)s4)CC3)CC2)c(Br)c1)c1ccccc1. The van der Waals surface area contributed by atoms with E-state index in [0.717, 1.165) is 69.4 Å². The average Bonchev–Trinajstić information content (AvgIpc) is 3.39. The Kier molecular flexibility index (Phi) is 11.9. The van der Waals surface area contributed by atoms with Gasteiger partial charge in [-0.15, -0.1) is 11.3 Å². The van der Waals surface area contributed by atoms with Gasteiger partial charge >= 0.3 is 5.97 Å². The molecule has 0 aliphatic carbocycles. The summed E-state index contributed by atoms with van der Waals surface area (Å²) in [5.41, 5.74) is 0.329. The number of carboxylic acids is 1. The van der Waals surface area contributed by atoms with E-state index in [1.165, 1.54) is 12.3 Å². The van der Waals surface area contributed by atoms with Crippen molar-refractivity contribution in [3.8, 4) is 0 Å². The highest BCUT2D eigenvalue weighted by Gasteiger charge is 2.32. The minimum Gasteiger partial charge on any atom is -0.480 e. The van der Waals surface area contributed by atoms with Crippen LogP contribution in [0.4, 0.5) is 5.82 Å². The molecule has 1 unspecified atom stereocenters. The average molecular weight is 839 g/mol. The largest absolute Gasteiger partial charge is 0.480 e. The lowest BCUT2D eigenvalue weighted by Gasteiger charge is -2.34. The Hall–Kier alpha value is -1.59. The van der Waals surface area contributed by atoms with Gasteiger partial charge in [-0.05, 0) is 87.1 Å². The van der Waals surface area contributed by atoms with Gasteiger partial charge in [-0.2, -0.15) is 9.03 Å². The molecule has 2 fully saturated rings. The van der Waals surface area contributed by atoms with Crippen molar-refractivity contribution in [3.63, 3.8) is 0 Å². The van der Waals surface area contributed by atoms with Gasteiger partial charge in [0.25, 0.3) is 10.0 Å². The molecular weight excluding hydrogens is 804 g/mol. The highest BCUT2D eigenvalue weighted by atomic mass is 79.9. The van der Waals surface area contributed by atoms with Crippen molar-refractivity contribution in [2.75, 3.05) is 31.1 Å². The summed E-state index contributed by atoms with van der Waals surface area (Å²) < 4.78 is 57.8. The quantitative estimate of drug-likeness (QED) is 0.201. The molecule has 0 saturated carbocycles. The van der Waals surface area contributed by atoms with Gasteiger partial charge in [0.15, 0.2) is 0 Å². The normalized spacial score (nSPS) is 18.1. The number of nitrogens with one attached hydrogen (secondary N) is 1. The zero-order chi connectivity index (χ0) is 33.1. The Balaban J connectivity index is 1.07. The Labute approximate surface area is 295 Å². The molecule has 1 atom stereocenters. The van der Waals surface area contributed by atoms with E-state index in [9.17, 15) is 26.7 Å². The number of sulfonamides is 2. The van der Waals surface area contributed by atoms with E-state index in [0.29, 0.717) is 49.6 Å². The molecule has 0 radical (unpaired) electrons. The van der Waals surface area contributed by atoms with Crippen LogP contribution in [0.5, 0.6) is 0 Å². The molecule has 0 amide bonds. The molecule has 2 N–H and O–H groups in total. The minimum atomic E-state index is -4.16. The zero-order valence-electron chi connectivity index (χ0n) is 24.8. The molecule has 4 heterocycles. The van der Waals surface area contributed by atoms with E-state index in [1.807, 2.05) is 0 Å². The first-order chi connectivity index (χ1) is 21.8. The third-order valence-corrected chi connectivity index (χ3v) is 15.5. The molecule has 10 nitrogen and oxygen atoms in total. The molecule has 46 heavy (non-hydrogen) atoms. The van der Waals surface area contributed by atoms with Crippen LogP contribution < -0.4 is 9.62 Å². The number of carboxylic acid groups (broad SMARTS) is 1. The Morgan fingerprint density at radius 1 is 0.978 bits per heavy atom. The van der Waals surface area contributed by atoms with Gasteiger partial charge in [-0.3, -0.25) is 4.79 Å². The molecule has 250 valence electrons. The van der Waals surface area contributed by atoms with Crippen LogP contribution in [0.3, 0.4) is 0 Å². The topological polar surface area (TPSA) is 137 Å². The number of hydrogen-bond donors (Lipinski definition) is 2. The van der Waals surface area contributed by atoms with Gasteiger partial charge in [0, 0.05) is 36.8 Å². The van der Waals surface area contributed by atoms with Gasteiger partial charge in [-0.1, -0.05) is 61.2 Å². The van der Waals surface area contributed by atoms with Crippen LogP contribution in [0.15, 0.2) is 66.7 Å². The summed E-state index contributed by atoms with van der Waals surface area (Å²) >= 11 is 13.9. The van der Waals surface area contributed by atoms with E-state index < -0.39 is 32.1 Å². The maximum absolute atomic E-state index is 13.1. The zero-order valence-corrected chi connectivity index (χ0v) is 31.2. The predicted molar refractivity (Wildman–Crippen MR) is 186 cm³/mol. The molecule has 2 saturated heterocycles. The van der Waals surface area contributed by atoms with E-state index in [4.69, 9.17) is 11.6 Å². The maximum Gasteiger partial charge on any atom is 0.326 e. The monoisotopic (exact) mass is 836 g/mol. The number of aliphatic carboxylic acids is 1. The third-order valence-electron chi connectivity index (χ3n) is 8.69. The summed E-state index contributed by atoms with van der Waals surface area (Å²) in [5.74, 6) is 0.473. The summed E-state index contributed by atoms with van der Waals surface area (Å²) in [7, 11) is -7.67. The second kappa shape index (κ2) is 15.3. The number of carbonyl (C=O) groups is 1. The standard InChI is InChI=1S/C30H35Br2ClN4O6S3/c31-24-18-26(44-28(24)33)46(42,43)37-15-11-21(12-16-37)6-4-5-20-9-13-36(14-10-20)29-25(32)17-23(19-34-29)45(40,41)35-27(30(38)39)22-7-2-1-3-8-22/h1-3,7-8,17-21,27,35H,4-6,9-16H2,(H,38,39). The Morgan fingerprint density at radius 3 is 2.13 bits per heavy atom. The van der Waals surface area contributed by atoms with Crippen molar-refractivity contribution in [2.24, 2.45) is 11.8 Å². The van der Waals surface area contributed by atoms with Crippen LogP contribution >= 0.6 is 54.8 Å². The molecule has 16 heteroatoms. The summed E-state index contributed by atoms with van der Waals surface area (Å²) in [5, 5.41) is 9.64. The van der Waals surface area contributed by atoms with Crippen molar-refractivity contribution in [2.45, 2.75) is 60.1 Å². The second-order valence-electron chi connectivity index (χ2n) is 11.7. The molecule has 1 aromatic carbocycles. The summed E-state index contributed by atoms with van der Waals surface area (Å²) in [6.07, 6.45) is 8.32. The van der Waals surface area contributed by atoms with Crippen LogP contribution in [0.25, 0.3) is 0 Å². The van der Waals surface area contributed by atoms with Crippen molar-refractivity contribution in [1.82, 2.24) is 14.0 Å². The molecule has 3 aromatic rings. The molecule has 2 aromatic heterocycles. The molecule has 2 aliphatic rings. The van der Waals surface area contributed by atoms with Gasteiger partial charge in [0.1, 0.15) is 25.3 Å². The highest BCUT2D eigenvalue weighted by Crippen LogP contribution is 2.38. The number of thiophene rings is 1. The number of aromatic nitrogens is 1. The third kappa shape index (κ3) is 8.52. The number of rotatable bonds is 12. The number of anilines is 1. The van der Waals surface area contributed by atoms with Crippen molar-refractivity contribution < 1.29 is 26.7 Å². The van der Waals surface area contributed by atoms with Crippen LogP contribution in [-0.4, -0.2) is 63.4 Å². The first-order valence-electron chi connectivity index (χ1n) is 15.0. The van der Waals surface area contributed by atoms with Crippen LogP contribution in [0.1, 0.15) is 56.6 Å². The number of pyridine rings is 1. The Morgan fingerprint density at radius 2 is 1.59 bits per heavy atom. The van der Waals surface area contributed by atoms with Gasteiger partial charge in [0.2, 0.25) is 10.0 Å². The fourth-order valence-electron chi connectivity index (χ4n) is 6.07. The lowest BCUT2D eigenvalue weighted by Crippen LogP contribution is -2.38. The first kappa shape index (κ1) is 35.7. The second-order valence-corrected chi connectivity index (χ2v) is 18.9. The highest BCUT2D eigenvalue weighted by molar-refractivity contribution is 9.11. The van der Waals surface area contributed by atoms with Crippen LogP contribution in [-0.2, 0) is 24.8 Å². The summed E-state index contributed by atoms with van der Waals surface area (Å²) in [6, 6.07) is 9.77. The number of nitrogens with zero attached hydrogens (tertiary/aromatic N) is 3. The molecule has 0 spiro atoms. The number of hydrogen-bond acceptors (Lipinski definition) is 8. The van der Waals surface area contributed by atoms with Gasteiger partial charge < -0.3 is 10.0 Å². The van der Waals surface area contributed by atoms with E-state index in [1.54, 1.807) is 40.7 Å². The van der Waals surface area contributed by atoms with Crippen molar-refractivity contribution in [3.05, 3.63) is 67.5 Å². The molecule has 5 rings (SSSR count). The van der Waals surface area contributed by atoms with E-state index in [2.05, 4.69) is 46.5 Å². The van der Waals surface area contributed by atoms with Crippen molar-refractivity contribution in [1.29, 1.82) is 0 Å². The molecule has 0 bridgehead atoms. The van der Waals surface area contributed by atoms with Crippen LogP contribution in [0.2, 0.25) is 4.34 Å². The van der Waals surface area contributed by atoms with Gasteiger partial charge in [0.05, 0.1) is 4.47 Å². The lowest BCUT2D eigenvalue weighted by molar-refractivity contribution is -0.139.